The van der Waals surface area contributed by atoms with E-state index in [0.717, 1.165) is 25.5 Å². The summed E-state index contributed by atoms with van der Waals surface area (Å²) in [7, 11) is 0. The maximum Gasteiger partial charge on any atom is 0.343 e. The molecule has 124 valence electrons. The van der Waals surface area contributed by atoms with Crippen molar-refractivity contribution in [3.8, 4) is 5.75 Å². The van der Waals surface area contributed by atoms with E-state index in [2.05, 4.69) is 18.2 Å². The number of aryl methyl sites for hydroxylation is 1. The highest BCUT2D eigenvalue weighted by Gasteiger charge is 2.11. The van der Waals surface area contributed by atoms with Crippen LogP contribution in [0.2, 0.25) is 0 Å². The van der Waals surface area contributed by atoms with Gasteiger partial charge in [0.15, 0.2) is 0 Å². The molecule has 2 aromatic rings. The molecule has 2 aromatic carbocycles. The van der Waals surface area contributed by atoms with Gasteiger partial charge in [-0.15, -0.1) is 0 Å². The number of rotatable bonds is 7. The molecule has 4 heteroatoms. The highest BCUT2D eigenvalue weighted by Crippen LogP contribution is 2.16. The Balaban J connectivity index is 1.99. The number of unbranched alkanes of at least 4 members (excludes halogenated alkanes) is 1. The van der Waals surface area contributed by atoms with E-state index in [0.29, 0.717) is 16.9 Å². The molecule has 0 saturated carbocycles. The number of carbonyl (C=O) groups is 2. The summed E-state index contributed by atoms with van der Waals surface area (Å²) in [6, 6.07) is 13.6. The van der Waals surface area contributed by atoms with Crippen LogP contribution in [0.5, 0.6) is 5.75 Å². The molecule has 0 aliphatic carbocycles. The number of hydrogen-bond donors (Lipinski definition) is 0. The van der Waals surface area contributed by atoms with Crippen molar-refractivity contribution in [2.24, 2.45) is 0 Å². The van der Waals surface area contributed by atoms with E-state index in [1.807, 2.05) is 12.1 Å². The fourth-order valence-electron chi connectivity index (χ4n) is 2.16. The molecule has 2 rings (SSSR count). The Labute approximate surface area is 141 Å². The maximum absolute atomic E-state index is 12.1. The highest BCUT2D eigenvalue weighted by molar-refractivity contribution is 5.94. The number of carbonyl (C=O) groups excluding carboxylic acids is 2. The first-order chi connectivity index (χ1) is 11.6. The van der Waals surface area contributed by atoms with Crippen LogP contribution in [0.4, 0.5) is 0 Å². The molecular weight excluding hydrogens is 304 g/mol. The van der Waals surface area contributed by atoms with E-state index in [9.17, 15) is 9.59 Å². The lowest BCUT2D eigenvalue weighted by Crippen LogP contribution is -2.09. The fourth-order valence-corrected chi connectivity index (χ4v) is 2.16. The average Bonchev–Trinajstić information content (AvgIpc) is 2.61. The summed E-state index contributed by atoms with van der Waals surface area (Å²) in [4.78, 5) is 23.6. The number of ether oxygens (including phenoxy) is 2. The van der Waals surface area contributed by atoms with Crippen LogP contribution in [0.15, 0.2) is 61.4 Å². The van der Waals surface area contributed by atoms with E-state index in [4.69, 9.17) is 4.74 Å². The second kappa shape index (κ2) is 8.67. The van der Waals surface area contributed by atoms with Gasteiger partial charge < -0.3 is 9.47 Å². The minimum atomic E-state index is -0.521. The van der Waals surface area contributed by atoms with Crippen molar-refractivity contribution < 1.29 is 19.1 Å². The molecule has 0 aliphatic heterocycles. The SMILES string of the molecule is C=COC(=O)c1ccc(C(=O)Oc2ccc(CCCC)cc2)cc1. The smallest absolute Gasteiger partial charge is 0.343 e. The fraction of sp³-hybridized carbons (Fsp3) is 0.200. The number of hydrogen-bond acceptors (Lipinski definition) is 4. The van der Waals surface area contributed by atoms with Crippen molar-refractivity contribution in [1.82, 2.24) is 0 Å². The van der Waals surface area contributed by atoms with Gasteiger partial charge in [-0.1, -0.05) is 32.1 Å². The van der Waals surface area contributed by atoms with E-state index < -0.39 is 11.9 Å². The van der Waals surface area contributed by atoms with Gasteiger partial charge >= 0.3 is 11.9 Å². The van der Waals surface area contributed by atoms with Crippen molar-refractivity contribution in [3.63, 3.8) is 0 Å². The first kappa shape index (κ1) is 17.5. The van der Waals surface area contributed by atoms with Gasteiger partial charge in [0.25, 0.3) is 0 Å². The molecule has 0 heterocycles. The summed E-state index contributed by atoms with van der Waals surface area (Å²) in [6.07, 6.45) is 4.37. The van der Waals surface area contributed by atoms with Gasteiger partial charge in [-0.2, -0.15) is 0 Å². The third-order valence-corrected chi connectivity index (χ3v) is 3.50. The summed E-state index contributed by atoms with van der Waals surface area (Å²) in [5, 5.41) is 0. The molecule has 0 amide bonds. The van der Waals surface area contributed by atoms with E-state index in [1.165, 1.54) is 29.8 Å². The Morgan fingerprint density at radius 2 is 1.54 bits per heavy atom. The molecule has 0 fully saturated rings. The largest absolute Gasteiger partial charge is 0.432 e. The molecule has 0 radical (unpaired) electrons. The molecule has 0 unspecified atom stereocenters. The first-order valence-electron chi connectivity index (χ1n) is 7.87. The molecule has 4 nitrogen and oxygen atoms in total. The topological polar surface area (TPSA) is 52.6 Å². The van der Waals surface area contributed by atoms with Crippen molar-refractivity contribution in [3.05, 3.63) is 78.1 Å². The lowest BCUT2D eigenvalue weighted by atomic mass is 10.1. The zero-order valence-electron chi connectivity index (χ0n) is 13.7. The Hall–Kier alpha value is -2.88. The third-order valence-electron chi connectivity index (χ3n) is 3.50. The molecule has 0 aromatic heterocycles. The summed E-state index contributed by atoms with van der Waals surface area (Å²) in [5.74, 6) is -0.497. The summed E-state index contributed by atoms with van der Waals surface area (Å²) in [6.45, 7) is 5.48. The van der Waals surface area contributed by atoms with Crippen LogP contribution in [0, 0.1) is 0 Å². The van der Waals surface area contributed by atoms with Gasteiger partial charge in [0.1, 0.15) is 5.75 Å². The molecule has 0 atom stereocenters. The van der Waals surface area contributed by atoms with Gasteiger partial charge in [-0.05, 0) is 54.8 Å². The molecule has 0 spiro atoms. The predicted octanol–water partition coefficient (Wildman–Crippen LogP) is 4.55. The van der Waals surface area contributed by atoms with Crippen LogP contribution < -0.4 is 4.74 Å². The Kier molecular flexibility index (Phi) is 6.32. The highest BCUT2D eigenvalue weighted by atomic mass is 16.5. The van der Waals surface area contributed by atoms with Gasteiger partial charge in [0.05, 0.1) is 17.4 Å². The summed E-state index contributed by atoms with van der Waals surface area (Å²) in [5.41, 5.74) is 1.92. The Morgan fingerprint density at radius 3 is 2.08 bits per heavy atom. The zero-order chi connectivity index (χ0) is 17.4. The van der Waals surface area contributed by atoms with Crippen LogP contribution in [0.25, 0.3) is 0 Å². The van der Waals surface area contributed by atoms with Gasteiger partial charge in [-0.3, -0.25) is 0 Å². The standard InChI is InChI=1S/C20H20O4/c1-3-5-6-15-7-13-18(14-8-15)24-20(22)17-11-9-16(10-12-17)19(21)23-4-2/h4,7-14H,2-3,5-6H2,1H3. The minimum absolute atomic E-state index is 0.340. The lowest BCUT2D eigenvalue weighted by molar-refractivity contribution is 0.0661. The van der Waals surface area contributed by atoms with Crippen LogP contribution in [0.3, 0.4) is 0 Å². The van der Waals surface area contributed by atoms with Crippen LogP contribution in [-0.4, -0.2) is 11.9 Å². The number of benzene rings is 2. The summed E-state index contributed by atoms with van der Waals surface area (Å²) < 4.78 is 10.0. The average molecular weight is 324 g/mol. The molecule has 0 N–H and O–H groups in total. The molecule has 0 bridgehead atoms. The normalized spacial score (nSPS) is 10.0. The van der Waals surface area contributed by atoms with Crippen molar-refractivity contribution in [2.45, 2.75) is 26.2 Å². The second-order valence-corrected chi connectivity index (χ2v) is 5.29. The Morgan fingerprint density at radius 1 is 0.958 bits per heavy atom. The molecule has 24 heavy (non-hydrogen) atoms. The van der Waals surface area contributed by atoms with Crippen molar-refractivity contribution in [1.29, 1.82) is 0 Å². The quantitative estimate of drug-likeness (QED) is 0.426. The van der Waals surface area contributed by atoms with Gasteiger partial charge in [-0.25, -0.2) is 9.59 Å². The van der Waals surface area contributed by atoms with Crippen molar-refractivity contribution in [2.75, 3.05) is 0 Å². The van der Waals surface area contributed by atoms with Gasteiger partial charge in [0, 0.05) is 0 Å². The molecule has 0 saturated heterocycles. The molecular formula is C20H20O4. The first-order valence-corrected chi connectivity index (χ1v) is 7.87. The summed E-state index contributed by atoms with van der Waals surface area (Å²) >= 11 is 0. The maximum atomic E-state index is 12.1. The van der Waals surface area contributed by atoms with E-state index >= 15 is 0 Å². The number of esters is 2. The van der Waals surface area contributed by atoms with E-state index in [1.54, 1.807) is 12.1 Å². The zero-order valence-corrected chi connectivity index (χ0v) is 13.7. The third kappa shape index (κ3) is 4.81. The van der Waals surface area contributed by atoms with Crippen LogP contribution >= 0.6 is 0 Å². The lowest BCUT2D eigenvalue weighted by Gasteiger charge is -2.06. The van der Waals surface area contributed by atoms with E-state index in [-0.39, 0.29) is 0 Å². The second-order valence-electron chi connectivity index (χ2n) is 5.29. The van der Waals surface area contributed by atoms with Crippen LogP contribution in [0.1, 0.15) is 46.0 Å². The monoisotopic (exact) mass is 324 g/mol. The predicted molar refractivity (Wildman–Crippen MR) is 92.1 cm³/mol. The minimum Gasteiger partial charge on any atom is -0.432 e. The van der Waals surface area contributed by atoms with Gasteiger partial charge in [0.2, 0.25) is 0 Å². The van der Waals surface area contributed by atoms with Crippen LogP contribution in [-0.2, 0) is 11.2 Å². The Bertz CT molecular complexity index is 699. The van der Waals surface area contributed by atoms with Crippen molar-refractivity contribution >= 4 is 11.9 Å². The molecule has 0 aliphatic rings.